The summed E-state index contributed by atoms with van der Waals surface area (Å²) in [6, 6.07) is 18.5. The molecule has 0 radical (unpaired) electrons. The third-order valence-electron chi connectivity index (χ3n) is 3.48. The van der Waals surface area contributed by atoms with Gasteiger partial charge in [0.25, 0.3) is 0 Å². The number of amides is 1. The van der Waals surface area contributed by atoms with Gasteiger partial charge in [-0.15, -0.1) is 0 Å². The number of carbonyl (C=O) groups is 1. The molecule has 1 heterocycles. The van der Waals surface area contributed by atoms with Gasteiger partial charge in [-0.1, -0.05) is 53.5 Å². The molecular formula is C20H15Cl2NO2. The summed E-state index contributed by atoms with van der Waals surface area (Å²) in [5.74, 6) is 1.02. The Hall–Kier alpha value is -2.49. The van der Waals surface area contributed by atoms with Gasteiger partial charge in [0.15, 0.2) is 0 Å². The summed E-state index contributed by atoms with van der Waals surface area (Å²) in [4.78, 5) is 11.9. The van der Waals surface area contributed by atoms with Crippen LogP contribution in [0.1, 0.15) is 11.3 Å². The molecule has 0 bridgehead atoms. The number of benzene rings is 2. The van der Waals surface area contributed by atoms with Crippen molar-refractivity contribution >= 4 is 35.2 Å². The van der Waals surface area contributed by atoms with Crippen LogP contribution in [0.4, 0.5) is 0 Å². The first-order valence-corrected chi connectivity index (χ1v) is 8.42. The molecule has 0 aliphatic carbocycles. The smallest absolute Gasteiger partial charge is 0.244 e. The number of carbonyl (C=O) groups excluding carboxylic acids is 1. The predicted octanol–water partition coefficient (Wildman–Crippen LogP) is 5.58. The molecule has 0 saturated heterocycles. The number of nitrogens with one attached hydrogen (secondary N) is 1. The van der Waals surface area contributed by atoms with Gasteiger partial charge in [-0.25, -0.2) is 0 Å². The second-order valence-corrected chi connectivity index (χ2v) is 6.27. The molecule has 0 unspecified atom stereocenters. The van der Waals surface area contributed by atoms with Crippen LogP contribution in [-0.2, 0) is 11.3 Å². The van der Waals surface area contributed by atoms with Crippen LogP contribution in [0.25, 0.3) is 17.4 Å². The maximum Gasteiger partial charge on any atom is 0.244 e. The zero-order valence-corrected chi connectivity index (χ0v) is 14.7. The highest BCUT2D eigenvalue weighted by molar-refractivity contribution is 6.35. The van der Waals surface area contributed by atoms with Gasteiger partial charge in [0, 0.05) is 28.2 Å². The highest BCUT2D eigenvalue weighted by Gasteiger charge is 2.06. The quantitative estimate of drug-likeness (QED) is 0.594. The summed E-state index contributed by atoms with van der Waals surface area (Å²) < 4.78 is 5.71. The van der Waals surface area contributed by atoms with Crippen molar-refractivity contribution in [2.45, 2.75) is 6.54 Å². The fourth-order valence-corrected chi connectivity index (χ4v) is 2.82. The number of rotatable bonds is 5. The van der Waals surface area contributed by atoms with Crippen LogP contribution in [0.5, 0.6) is 0 Å². The van der Waals surface area contributed by atoms with Gasteiger partial charge < -0.3 is 9.73 Å². The van der Waals surface area contributed by atoms with Crippen LogP contribution in [0.2, 0.25) is 10.0 Å². The van der Waals surface area contributed by atoms with Crippen LogP contribution in [0.3, 0.4) is 0 Å². The van der Waals surface area contributed by atoms with Gasteiger partial charge in [-0.2, -0.15) is 0 Å². The average molecular weight is 372 g/mol. The minimum absolute atomic E-state index is 0.187. The third-order valence-corrected chi connectivity index (χ3v) is 3.92. The molecule has 3 rings (SSSR count). The monoisotopic (exact) mass is 371 g/mol. The zero-order valence-electron chi connectivity index (χ0n) is 13.2. The topological polar surface area (TPSA) is 42.2 Å². The van der Waals surface area contributed by atoms with Crippen LogP contribution in [-0.4, -0.2) is 5.91 Å². The van der Waals surface area contributed by atoms with Crippen molar-refractivity contribution in [3.8, 4) is 11.3 Å². The van der Waals surface area contributed by atoms with E-state index in [1.807, 2.05) is 36.4 Å². The molecule has 0 saturated carbocycles. The van der Waals surface area contributed by atoms with Gasteiger partial charge in [0.2, 0.25) is 5.91 Å². The molecule has 0 spiro atoms. The van der Waals surface area contributed by atoms with Crippen molar-refractivity contribution in [1.82, 2.24) is 5.32 Å². The van der Waals surface area contributed by atoms with Gasteiger partial charge >= 0.3 is 0 Å². The molecule has 3 nitrogen and oxygen atoms in total. The largest absolute Gasteiger partial charge is 0.457 e. The van der Waals surface area contributed by atoms with E-state index in [1.54, 1.807) is 30.3 Å². The minimum Gasteiger partial charge on any atom is -0.457 e. The van der Waals surface area contributed by atoms with E-state index in [0.717, 1.165) is 11.1 Å². The van der Waals surface area contributed by atoms with Crippen molar-refractivity contribution in [1.29, 1.82) is 0 Å². The Morgan fingerprint density at radius 1 is 1.00 bits per heavy atom. The predicted molar refractivity (Wildman–Crippen MR) is 101 cm³/mol. The molecule has 3 aromatic rings. The van der Waals surface area contributed by atoms with E-state index in [4.69, 9.17) is 27.6 Å². The van der Waals surface area contributed by atoms with E-state index in [9.17, 15) is 4.79 Å². The molecule has 0 fully saturated rings. The number of hydrogen-bond acceptors (Lipinski definition) is 2. The molecular weight excluding hydrogens is 357 g/mol. The highest BCUT2D eigenvalue weighted by atomic mass is 35.5. The Balaban J connectivity index is 1.62. The zero-order chi connectivity index (χ0) is 17.6. The Kier molecular flexibility index (Phi) is 5.59. The second-order valence-electron chi connectivity index (χ2n) is 5.40. The van der Waals surface area contributed by atoms with Crippen LogP contribution >= 0.6 is 23.2 Å². The normalized spacial score (nSPS) is 11.0. The maximum atomic E-state index is 11.9. The Morgan fingerprint density at radius 2 is 1.72 bits per heavy atom. The fraction of sp³-hybridized carbons (Fsp3) is 0.0500. The summed E-state index contributed by atoms with van der Waals surface area (Å²) in [6.45, 7) is 0.481. The standard InChI is InChI=1S/C20H15Cl2NO2/c21-16-10-15(11-17(22)12-16)19-8-6-18(25-19)7-9-20(24)23-13-14-4-2-1-3-5-14/h1-12H,13H2,(H,23,24)/b9-7+. The molecule has 1 amide bonds. The SMILES string of the molecule is O=C(/C=C/c1ccc(-c2cc(Cl)cc(Cl)c2)o1)NCc1ccccc1. The lowest BCUT2D eigenvalue weighted by Gasteiger charge is -2.01. The summed E-state index contributed by atoms with van der Waals surface area (Å²) in [7, 11) is 0. The van der Waals surface area contributed by atoms with E-state index in [2.05, 4.69) is 5.32 Å². The minimum atomic E-state index is -0.187. The van der Waals surface area contributed by atoms with E-state index in [0.29, 0.717) is 28.1 Å². The van der Waals surface area contributed by atoms with Crippen molar-refractivity contribution in [3.05, 3.63) is 88.1 Å². The average Bonchev–Trinajstić information content (AvgIpc) is 3.07. The molecule has 0 aliphatic heterocycles. The van der Waals surface area contributed by atoms with Crippen LogP contribution in [0.15, 0.2) is 71.2 Å². The van der Waals surface area contributed by atoms with Crippen LogP contribution < -0.4 is 5.32 Å². The van der Waals surface area contributed by atoms with Crippen molar-refractivity contribution in [2.24, 2.45) is 0 Å². The molecule has 0 aliphatic rings. The first-order valence-electron chi connectivity index (χ1n) is 7.66. The highest BCUT2D eigenvalue weighted by Crippen LogP contribution is 2.28. The van der Waals surface area contributed by atoms with E-state index >= 15 is 0 Å². The molecule has 25 heavy (non-hydrogen) atoms. The van der Waals surface area contributed by atoms with Gasteiger partial charge in [0.1, 0.15) is 11.5 Å². The number of halogens is 2. The Morgan fingerprint density at radius 3 is 2.44 bits per heavy atom. The van der Waals surface area contributed by atoms with Crippen molar-refractivity contribution in [2.75, 3.05) is 0 Å². The molecule has 2 aromatic carbocycles. The summed E-state index contributed by atoms with van der Waals surface area (Å²) in [6.07, 6.45) is 3.06. The summed E-state index contributed by atoms with van der Waals surface area (Å²) in [5.41, 5.74) is 1.83. The van der Waals surface area contributed by atoms with Gasteiger partial charge in [-0.3, -0.25) is 4.79 Å². The maximum absolute atomic E-state index is 11.9. The second kappa shape index (κ2) is 8.06. The van der Waals surface area contributed by atoms with E-state index in [-0.39, 0.29) is 5.91 Å². The molecule has 0 atom stereocenters. The Labute approximate surface area is 155 Å². The van der Waals surface area contributed by atoms with Crippen LogP contribution in [0, 0.1) is 0 Å². The van der Waals surface area contributed by atoms with E-state index in [1.165, 1.54) is 6.08 Å². The van der Waals surface area contributed by atoms with Crippen molar-refractivity contribution < 1.29 is 9.21 Å². The summed E-state index contributed by atoms with van der Waals surface area (Å²) in [5, 5.41) is 3.90. The molecule has 5 heteroatoms. The van der Waals surface area contributed by atoms with E-state index < -0.39 is 0 Å². The number of hydrogen-bond donors (Lipinski definition) is 1. The van der Waals surface area contributed by atoms with Gasteiger partial charge in [0.05, 0.1) is 0 Å². The first kappa shape index (κ1) is 17.3. The lowest BCUT2D eigenvalue weighted by molar-refractivity contribution is -0.116. The molecule has 126 valence electrons. The molecule has 1 N–H and O–H groups in total. The summed E-state index contributed by atoms with van der Waals surface area (Å²) >= 11 is 12.0. The van der Waals surface area contributed by atoms with Crippen molar-refractivity contribution in [3.63, 3.8) is 0 Å². The number of furan rings is 1. The fourth-order valence-electron chi connectivity index (χ4n) is 2.30. The lowest BCUT2D eigenvalue weighted by atomic mass is 10.2. The Bertz CT molecular complexity index is 881. The first-order chi connectivity index (χ1) is 12.1. The molecule has 1 aromatic heterocycles. The van der Waals surface area contributed by atoms with Gasteiger partial charge in [-0.05, 0) is 42.0 Å². The lowest BCUT2D eigenvalue weighted by Crippen LogP contribution is -2.20. The third kappa shape index (κ3) is 4.99.